The zero-order valence-corrected chi connectivity index (χ0v) is 19.1. The van der Waals surface area contributed by atoms with Crippen LogP contribution in [0.4, 0.5) is 0 Å². The first kappa shape index (κ1) is 21.9. The first-order valence-electron chi connectivity index (χ1n) is 9.70. The molecule has 1 aromatic carbocycles. The number of halogens is 1. The van der Waals surface area contributed by atoms with Crippen LogP contribution < -0.4 is 10.6 Å². The first-order chi connectivity index (χ1) is 12.6. The van der Waals surface area contributed by atoms with Crippen molar-refractivity contribution < 1.29 is 0 Å². The van der Waals surface area contributed by atoms with Crippen molar-refractivity contribution in [2.75, 3.05) is 19.6 Å². The Hall–Kier alpha value is -1.41. The molecule has 5 nitrogen and oxygen atoms in total. The van der Waals surface area contributed by atoms with Gasteiger partial charge in [-0.05, 0) is 38.3 Å². The van der Waals surface area contributed by atoms with Crippen LogP contribution in [0.3, 0.4) is 0 Å². The average molecular weight is 481 g/mol. The number of nitrogens with zero attached hydrogens (tertiary/aromatic N) is 3. The lowest BCUT2D eigenvalue weighted by Gasteiger charge is -2.22. The van der Waals surface area contributed by atoms with E-state index in [1.54, 1.807) is 0 Å². The molecule has 1 aliphatic rings. The van der Waals surface area contributed by atoms with E-state index in [1.165, 1.54) is 0 Å². The van der Waals surface area contributed by atoms with E-state index >= 15 is 0 Å². The number of hydrogen-bond acceptors (Lipinski definition) is 3. The van der Waals surface area contributed by atoms with E-state index in [0.717, 1.165) is 42.1 Å². The largest absolute Gasteiger partial charge is 0.357 e. The number of hydrogen-bond donors (Lipinski definition) is 2. The Morgan fingerprint density at radius 1 is 1.26 bits per heavy atom. The zero-order valence-electron chi connectivity index (χ0n) is 16.8. The summed E-state index contributed by atoms with van der Waals surface area (Å²) in [6.45, 7) is 12.6. The summed E-state index contributed by atoms with van der Waals surface area (Å²) in [5, 5.41) is 8.20. The molecule has 0 aliphatic carbocycles. The minimum Gasteiger partial charge on any atom is -0.357 e. The van der Waals surface area contributed by atoms with E-state index in [-0.39, 0.29) is 24.0 Å². The molecule has 148 valence electrons. The van der Waals surface area contributed by atoms with Gasteiger partial charge in [0.1, 0.15) is 0 Å². The summed E-state index contributed by atoms with van der Waals surface area (Å²) in [7, 11) is 0. The van der Waals surface area contributed by atoms with Crippen molar-refractivity contribution in [3.05, 3.63) is 42.1 Å². The van der Waals surface area contributed by atoms with Gasteiger partial charge in [-0.25, -0.2) is 4.99 Å². The molecule has 1 aromatic heterocycles. The van der Waals surface area contributed by atoms with Crippen LogP contribution in [0.25, 0.3) is 10.9 Å². The molecule has 1 aliphatic heterocycles. The van der Waals surface area contributed by atoms with E-state index in [1.807, 2.05) is 12.3 Å². The Balaban J connectivity index is 0.00000261. The molecular formula is C21H32IN5. The molecule has 1 saturated heterocycles. The highest BCUT2D eigenvalue weighted by atomic mass is 127. The van der Waals surface area contributed by atoms with Crippen LogP contribution in [0.5, 0.6) is 0 Å². The fourth-order valence-electron chi connectivity index (χ4n) is 3.57. The van der Waals surface area contributed by atoms with E-state index < -0.39 is 0 Å². The smallest absolute Gasteiger partial charge is 0.191 e. The van der Waals surface area contributed by atoms with Gasteiger partial charge >= 0.3 is 0 Å². The molecule has 6 heteroatoms. The molecule has 0 saturated carbocycles. The molecule has 0 radical (unpaired) electrons. The summed E-state index contributed by atoms with van der Waals surface area (Å²) in [6, 6.07) is 11.4. The Bertz CT molecular complexity index is 756. The molecule has 1 fully saturated rings. The first-order valence-corrected chi connectivity index (χ1v) is 9.70. The highest BCUT2D eigenvalue weighted by Gasteiger charge is 2.31. The van der Waals surface area contributed by atoms with Crippen molar-refractivity contribution in [2.45, 2.75) is 46.3 Å². The Labute approximate surface area is 180 Å². The van der Waals surface area contributed by atoms with Gasteiger partial charge in [0.05, 0.1) is 12.1 Å². The minimum atomic E-state index is 0. The standard InChI is InChI=1S/C21H31N5.HI/c1-5-22-21(25-19-14-26(15(2)3)13-16(19)4)24-12-18-9-6-8-17-10-7-11-23-20(17)18;/h6-11,15-16,19H,5,12-14H2,1-4H3,(H2,22,24,25);1H. The maximum absolute atomic E-state index is 4.84. The van der Waals surface area contributed by atoms with E-state index in [2.05, 4.69) is 72.5 Å². The molecule has 3 rings (SSSR count). The third-order valence-corrected chi connectivity index (χ3v) is 5.16. The highest BCUT2D eigenvalue weighted by molar-refractivity contribution is 14.0. The maximum Gasteiger partial charge on any atom is 0.191 e. The van der Waals surface area contributed by atoms with Gasteiger partial charge in [0.25, 0.3) is 0 Å². The number of benzene rings is 1. The topological polar surface area (TPSA) is 52.6 Å². The van der Waals surface area contributed by atoms with Crippen molar-refractivity contribution in [1.82, 2.24) is 20.5 Å². The maximum atomic E-state index is 4.84. The van der Waals surface area contributed by atoms with E-state index in [4.69, 9.17) is 4.99 Å². The molecule has 2 N–H and O–H groups in total. The van der Waals surface area contributed by atoms with Crippen LogP contribution in [0.15, 0.2) is 41.5 Å². The van der Waals surface area contributed by atoms with Crippen molar-refractivity contribution in [3.8, 4) is 0 Å². The normalized spacial score (nSPS) is 20.7. The Morgan fingerprint density at radius 2 is 2.04 bits per heavy atom. The Kier molecular flexibility index (Phi) is 8.28. The quantitative estimate of drug-likeness (QED) is 0.389. The van der Waals surface area contributed by atoms with Crippen molar-refractivity contribution in [1.29, 1.82) is 0 Å². The van der Waals surface area contributed by atoms with Gasteiger partial charge in [-0.1, -0.05) is 31.2 Å². The minimum absolute atomic E-state index is 0. The second kappa shape index (κ2) is 10.2. The third kappa shape index (κ3) is 5.54. The molecular weight excluding hydrogens is 449 g/mol. The highest BCUT2D eigenvalue weighted by Crippen LogP contribution is 2.19. The summed E-state index contributed by atoms with van der Waals surface area (Å²) < 4.78 is 0. The molecule has 0 amide bonds. The summed E-state index contributed by atoms with van der Waals surface area (Å²) in [5.74, 6) is 1.50. The van der Waals surface area contributed by atoms with Gasteiger partial charge in [-0.2, -0.15) is 0 Å². The predicted molar refractivity (Wildman–Crippen MR) is 125 cm³/mol. The number of nitrogens with one attached hydrogen (secondary N) is 2. The fraction of sp³-hybridized carbons (Fsp3) is 0.524. The predicted octanol–water partition coefficient (Wildman–Crippen LogP) is 3.64. The van der Waals surface area contributed by atoms with Gasteiger partial charge in [0.2, 0.25) is 0 Å². The Morgan fingerprint density at radius 3 is 2.74 bits per heavy atom. The van der Waals surface area contributed by atoms with Gasteiger partial charge in [-0.15, -0.1) is 24.0 Å². The van der Waals surface area contributed by atoms with Gasteiger partial charge in [-0.3, -0.25) is 9.88 Å². The summed E-state index contributed by atoms with van der Waals surface area (Å²) in [4.78, 5) is 11.9. The van der Waals surface area contributed by atoms with Crippen molar-refractivity contribution in [3.63, 3.8) is 0 Å². The number of fused-ring (bicyclic) bond motifs is 1. The lowest BCUT2D eigenvalue weighted by atomic mass is 10.1. The van der Waals surface area contributed by atoms with Crippen LogP contribution >= 0.6 is 24.0 Å². The van der Waals surface area contributed by atoms with E-state index in [9.17, 15) is 0 Å². The third-order valence-electron chi connectivity index (χ3n) is 5.16. The summed E-state index contributed by atoms with van der Waals surface area (Å²) in [5.41, 5.74) is 2.19. The second-order valence-electron chi connectivity index (χ2n) is 7.46. The molecule has 2 aromatic rings. The van der Waals surface area contributed by atoms with Crippen LogP contribution in [0.2, 0.25) is 0 Å². The fourth-order valence-corrected chi connectivity index (χ4v) is 3.57. The number of aromatic nitrogens is 1. The zero-order chi connectivity index (χ0) is 18.5. The number of guanidine groups is 1. The number of para-hydroxylation sites is 1. The van der Waals surface area contributed by atoms with E-state index in [0.29, 0.717) is 24.5 Å². The number of likely N-dealkylation sites (tertiary alicyclic amines) is 1. The molecule has 0 bridgehead atoms. The summed E-state index contributed by atoms with van der Waals surface area (Å²) >= 11 is 0. The lowest BCUT2D eigenvalue weighted by molar-refractivity contribution is 0.265. The molecule has 2 heterocycles. The summed E-state index contributed by atoms with van der Waals surface area (Å²) in [6.07, 6.45) is 1.85. The van der Waals surface area contributed by atoms with Crippen LogP contribution in [0, 0.1) is 5.92 Å². The van der Waals surface area contributed by atoms with Crippen LogP contribution in [-0.2, 0) is 6.54 Å². The van der Waals surface area contributed by atoms with Gasteiger partial charge < -0.3 is 10.6 Å². The SMILES string of the molecule is CCNC(=NCc1cccc2cccnc12)NC1CN(C(C)C)CC1C.I. The monoisotopic (exact) mass is 481 g/mol. The average Bonchev–Trinajstić information content (AvgIpc) is 3.01. The van der Waals surface area contributed by atoms with Crippen LogP contribution in [0.1, 0.15) is 33.3 Å². The van der Waals surface area contributed by atoms with Crippen LogP contribution in [-0.4, -0.2) is 47.6 Å². The molecule has 27 heavy (non-hydrogen) atoms. The number of pyridine rings is 1. The number of rotatable bonds is 5. The second-order valence-corrected chi connectivity index (χ2v) is 7.46. The van der Waals surface area contributed by atoms with Gasteiger partial charge in [0.15, 0.2) is 5.96 Å². The number of aliphatic imine (C=N–C) groups is 1. The molecule has 2 unspecified atom stereocenters. The lowest BCUT2D eigenvalue weighted by Crippen LogP contribution is -2.46. The molecule has 2 atom stereocenters. The van der Waals surface area contributed by atoms with Crippen molar-refractivity contribution >= 4 is 40.8 Å². The molecule has 0 spiro atoms. The van der Waals surface area contributed by atoms with Crippen molar-refractivity contribution in [2.24, 2.45) is 10.9 Å². The van der Waals surface area contributed by atoms with Gasteiger partial charge in [0, 0.05) is 43.3 Å².